The first-order chi connectivity index (χ1) is 10.4. The average molecular weight is 319 g/mol. The molecular formula is C15H17N3O3S. The highest BCUT2D eigenvalue weighted by atomic mass is 32.2. The number of hydrogen-bond acceptors (Lipinski definition) is 4. The number of furan rings is 1. The number of para-hydroxylation sites is 1. The van der Waals surface area contributed by atoms with Crippen molar-refractivity contribution in [3.8, 4) is 0 Å². The van der Waals surface area contributed by atoms with Crippen molar-refractivity contribution >= 4 is 21.0 Å². The molecule has 0 N–H and O–H groups in total. The molecule has 0 aliphatic rings. The van der Waals surface area contributed by atoms with E-state index >= 15 is 0 Å². The summed E-state index contributed by atoms with van der Waals surface area (Å²) < 4.78 is 33.7. The van der Waals surface area contributed by atoms with E-state index in [0.717, 1.165) is 11.0 Å². The summed E-state index contributed by atoms with van der Waals surface area (Å²) in [6.07, 6.45) is 2.83. The molecule has 6 nitrogen and oxygen atoms in total. The zero-order valence-corrected chi connectivity index (χ0v) is 13.4. The molecule has 0 fully saturated rings. The van der Waals surface area contributed by atoms with Crippen LogP contribution in [0.5, 0.6) is 0 Å². The number of nitrogens with zero attached hydrogens (tertiary/aromatic N) is 3. The van der Waals surface area contributed by atoms with Crippen molar-refractivity contribution in [1.29, 1.82) is 0 Å². The van der Waals surface area contributed by atoms with Gasteiger partial charge in [-0.2, -0.15) is 9.40 Å². The highest BCUT2D eigenvalue weighted by molar-refractivity contribution is 7.89. The Kier molecular flexibility index (Phi) is 3.54. The second-order valence-corrected chi connectivity index (χ2v) is 7.23. The van der Waals surface area contributed by atoms with Gasteiger partial charge in [-0.05, 0) is 19.1 Å². The largest absolute Gasteiger partial charge is 0.459 e. The first-order valence-corrected chi connectivity index (χ1v) is 8.29. The van der Waals surface area contributed by atoms with Crippen molar-refractivity contribution in [2.24, 2.45) is 7.05 Å². The minimum Gasteiger partial charge on any atom is -0.459 e. The van der Waals surface area contributed by atoms with E-state index in [0.29, 0.717) is 5.76 Å². The Balaban J connectivity index is 1.95. The van der Waals surface area contributed by atoms with Crippen LogP contribution in [0.3, 0.4) is 0 Å². The average Bonchev–Trinajstić information content (AvgIpc) is 3.11. The fourth-order valence-corrected chi connectivity index (χ4v) is 3.61. The molecule has 22 heavy (non-hydrogen) atoms. The number of rotatable bonds is 4. The third-order valence-electron chi connectivity index (χ3n) is 3.76. The Hall–Kier alpha value is -2.12. The summed E-state index contributed by atoms with van der Waals surface area (Å²) in [4.78, 5) is 0.167. The van der Waals surface area contributed by atoms with Crippen LogP contribution >= 0.6 is 0 Å². The summed E-state index contributed by atoms with van der Waals surface area (Å²) in [5.74, 6) is 0.608. The number of fused-ring (bicyclic) bond motifs is 1. The van der Waals surface area contributed by atoms with Gasteiger partial charge in [0.2, 0.25) is 10.0 Å². The van der Waals surface area contributed by atoms with Crippen molar-refractivity contribution < 1.29 is 12.8 Å². The molecule has 116 valence electrons. The fraction of sp³-hybridized carbons (Fsp3) is 0.267. The molecule has 1 atom stereocenters. The third-order valence-corrected chi connectivity index (χ3v) is 5.64. The van der Waals surface area contributed by atoms with E-state index < -0.39 is 16.1 Å². The summed E-state index contributed by atoms with van der Waals surface area (Å²) in [7, 11) is -0.389. The van der Waals surface area contributed by atoms with E-state index in [1.54, 1.807) is 21.0 Å². The predicted octanol–water partition coefficient (Wildman–Crippen LogP) is 2.55. The van der Waals surface area contributed by atoms with Gasteiger partial charge in [-0.3, -0.25) is 4.68 Å². The summed E-state index contributed by atoms with van der Waals surface area (Å²) >= 11 is 0. The Morgan fingerprint density at radius 2 is 2.05 bits per heavy atom. The quantitative estimate of drug-likeness (QED) is 0.741. The molecule has 0 saturated heterocycles. The molecule has 3 aromatic rings. The summed E-state index contributed by atoms with van der Waals surface area (Å²) in [6, 6.07) is 9.05. The topological polar surface area (TPSA) is 68.3 Å². The fourth-order valence-electron chi connectivity index (χ4n) is 2.29. The van der Waals surface area contributed by atoms with Crippen LogP contribution in [0.4, 0.5) is 0 Å². The summed E-state index contributed by atoms with van der Waals surface area (Å²) in [5, 5.41) is 4.87. The Morgan fingerprint density at radius 1 is 1.32 bits per heavy atom. The number of sulfonamides is 1. The monoisotopic (exact) mass is 319 g/mol. The standard InChI is InChI=1S/C15H17N3O3S/c1-11(15-8-12-6-4-5-7-14(12)21-15)18(3)22(19,20)13-9-16-17(2)10-13/h4-11H,1-3H3/t11-/m0/s1. The minimum atomic E-state index is -3.61. The van der Waals surface area contributed by atoms with Crippen LogP contribution in [0.15, 0.2) is 52.0 Å². The second-order valence-electron chi connectivity index (χ2n) is 5.23. The Morgan fingerprint density at radius 3 is 2.68 bits per heavy atom. The molecule has 0 aliphatic heterocycles. The van der Waals surface area contributed by atoms with Gasteiger partial charge >= 0.3 is 0 Å². The molecule has 0 saturated carbocycles. The zero-order chi connectivity index (χ0) is 15.9. The van der Waals surface area contributed by atoms with Crippen molar-refractivity contribution in [2.75, 3.05) is 7.05 Å². The van der Waals surface area contributed by atoms with E-state index in [-0.39, 0.29) is 4.90 Å². The van der Waals surface area contributed by atoms with Crippen molar-refractivity contribution in [3.05, 3.63) is 48.5 Å². The maximum atomic E-state index is 12.6. The predicted molar refractivity (Wildman–Crippen MR) is 82.8 cm³/mol. The lowest BCUT2D eigenvalue weighted by molar-refractivity contribution is 0.348. The van der Waals surface area contributed by atoms with Gasteiger partial charge in [0.15, 0.2) is 0 Å². The second kappa shape index (κ2) is 5.26. The van der Waals surface area contributed by atoms with Crippen molar-refractivity contribution in [2.45, 2.75) is 17.9 Å². The first-order valence-electron chi connectivity index (χ1n) is 6.85. The molecule has 2 heterocycles. The van der Waals surface area contributed by atoms with E-state index in [9.17, 15) is 8.42 Å². The van der Waals surface area contributed by atoms with Gasteiger partial charge in [-0.15, -0.1) is 0 Å². The molecule has 1 aromatic carbocycles. The highest BCUT2D eigenvalue weighted by Gasteiger charge is 2.29. The molecule has 0 amide bonds. The molecule has 2 aromatic heterocycles. The third kappa shape index (κ3) is 2.42. The van der Waals surface area contributed by atoms with E-state index in [1.165, 1.54) is 21.4 Å². The van der Waals surface area contributed by atoms with E-state index in [4.69, 9.17) is 4.42 Å². The lowest BCUT2D eigenvalue weighted by Gasteiger charge is -2.21. The smallest absolute Gasteiger partial charge is 0.246 e. The summed E-state index contributed by atoms with van der Waals surface area (Å²) in [5.41, 5.74) is 0.747. The van der Waals surface area contributed by atoms with Gasteiger partial charge in [-0.1, -0.05) is 18.2 Å². The molecule has 3 rings (SSSR count). The maximum absolute atomic E-state index is 12.6. The van der Waals surface area contributed by atoms with E-state index in [2.05, 4.69) is 5.10 Å². The van der Waals surface area contributed by atoms with Gasteiger partial charge in [0, 0.05) is 25.7 Å². The van der Waals surface area contributed by atoms with Crippen LogP contribution in [-0.2, 0) is 17.1 Å². The Bertz CT molecular complexity index is 878. The number of benzene rings is 1. The van der Waals surface area contributed by atoms with Crippen LogP contribution in [0.25, 0.3) is 11.0 Å². The van der Waals surface area contributed by atoms with Crippen molar-refractivity contribution in [3.63, 3.8) is 0 Å². The molecule has 7 heteroatoms. The van der Waals surface area contributed by atoms with Gasteiger partial charge in [0.1, 0.15) is 16.2 Å². The number of hydrogen-bond donors (Lipinski definition) is 0. The van der Waals surface area contributed by atoms with Crippen molar-refractivity contribution in [1.82, 2.24) is 14.1 Å². The van der Waals surface area contributed by atoms with Crippen LogP contribution in [0, 0.1) is 0 Å². The number of aromatic nitrogens is 2. The summed E-state index contributed by atoms with van der Waals surface area (Å²) in [6.45, 7) is 1.80. The lowest BCUT2D eigenvalue weighted by atomic mass is 10.2. The lowest BCUT2D eigenvalue weighted by Crippen LogP contribution is -2.29. The van der Waals surface area contributed by atoms with E-state index in [1.807, 2.05) is 30.3 Å². The minimum absolute atomic E-state index is 0.167. The van der Waals surface area contributed by atoms with Gasteiger partial charge < -0.3 is 4.42 Å². The number of aryl methyl sites for hydroxylation is 1. The molecule has 0 aliphatic carbocycles. The van der Waals surface area contributed by atoms with Gasteiger partial charge in [0.05, 0.1) is 12.2 Å². The van der Waals surface area contributed by atoms with Gasteiger partial charge in [-0.25, -0.2) is 8.42 Å². The van der Waals surface area contributed by atoms with Crippen LogP contribution < -0.4 is 0 Å². The maximum Gasteiger partial charge on any atom is 0.246 e. The zero-order valence-electron chi connectivity index (χ0n) is 12.6. The highest BCUT2D eigenvalue weighted by Crippen LogP contribution is 2.29. The van der Waals surface area contributed by atoms with Crippen LogP contribution in [-0.4, -0.2) is 29.6 Å². The Labute approximate surface area is 129 Å². The normalized spacial score (nSPS) is 13.8. The molecule has 0 radical (unpaired) electrons. The van der Waals surface area contributed by atoms with Crippen LogP contribution in [0.2, 0.25) is 0 Å². The van der Waals surface area contributed by atoms with Gasteiger partial charge in [0.25, 0.3) is 0 Å². The first kappa shape index (κ1) is 14.8. The SMILES string of the molecule is C[C@@H](c1cc2ccccc2o1)N(C)S(=O)(=O)c1cnn(C)c1. The molecule has 0 bridgehead atoms. The molecule has 0 spiro atoms. The molecular weight excluding hydrogens is 302 g/mol. The molecule has 0 unspecified atom stereocenters. The van der Waals surface area contributed by atoms with Crippen LogP contribution in [0.1, 0.15) is 18.7 Å².